The molecule has 502 valence electrons. The molecule has 0 aliphatic carbocycles. The highest BCUT2D eigenvalue weighted by molar-refractivity contribution is 5.89. The van der Waals surface area contributed by atoms with Crippen LogP contribution in [0.4, 0.5) is 0 Å². The average molecular weight is 1350 g/mol. The summed E-state index contributed by atoms with van der Waals surface area (Å²) in [5.41, 5.74) is 9.79. The minimum Gasteiger partial charge on any atom is -0.423 e. The van der Waals surface area contributed by atoms with Crippen molar-refractivity contribution in [3.63, 3.8) is 0 Å². The van der Waals surface area contributed by atoms with Crippen LogP contribution in [0.5, 0.6) is 46.0 Å². The Morgan fingerprint density at radius 1 is 0.206 bits per heavy atom. The Hall–Kier alpha value is -14.1. The topological polar surface area (TPSA) is 210 Å². The number of hydrogen-bond donors (Lipinski definition) is 0. The molecule has 0 saturated carbocycles. The van der Waals surface area contributed by atoms with Gasteiger partial charge >= 0.3 is 47.8 Å². The van der Waals surface area contributed by atoms with Gasteiger partial charge in [-0.3, -0.25) is 0 Å². The predicted octanol–water partition coefficient (Wildman–Crippen LogP) is 17.1. The molecule has 0 aliphatic rings. The molecule has 0 bridgehead atoms. The Labute approximate surface area is 587 Å². The average Bonchev–Trinajstić information content (AvgIpc) is 0.820. The van der Waals surface area contributed by atoms with Crippen LogP contribution in [0.25, 0.3) is 55.6 Å². The Kier molecular flexibility index (Phi) is 22.7. The molecule has 0 aliphatic heterocycles. The summed E-state index contributed by atoms with van der Waals surface area (Å²) < 4.78 is 45.7. The lowest BCUT2D eigenvalue weighted by Crippen LogP contribution is -2.13. The van der Waals surface area contributed by atoms with E-state index in [2.05, 4.69) is 52.6 Å². The van der Waals surface area contributed by atoms with Gasteiger partial charge in [-0.15, -0.1) is 0 Å². The molecule has 16 heteroatoms. The van der Waals surface area contributed by atoms with E-state index in [0.717, 1.165) is 59.7 Å². The summed E-state index contributed by atoms with van der Waals surface area (Å²) in [6, 6.07) is 63.3. The first kappa shape index (κ1) is 70.7. The Morgan fingerprint density at radius 3 is 0.549 bits per heavy atom. The van der Waals surface area contributed by atoms with Crippen molar-refractivity contribution in [2.75, 3.05) is 0 Å². The van der Waals surface area contributed by atoms with Gasteiger partial charge in [0.1, 0.15) is 46.0 Å². The molecule has 0 N–H and O–H groups in total. The molecule has 0 unspecified atom stereocenters. The van der Waals surface area contributed by atoms with Crippen LogP contribution in [-0.2, 0) is 38.4 Å². The monoisotopic (exact) mass is 1350 g/mol. The summed E-state index contributed by atoms with van der Waals surface area (Å²) in [4.78, 5) is 102. The van der Waals surface area contributed by atoms with E-state index in [-0.39, 0.29) is 46.0 Å². The summed E-state index contributed by atoms with van der Waals surface area (Å²) in [6.45, 7) is 28.6. The molecule has 0 amide bonds. The van der Waals surface area contributed by atoms with Gasteiger partial charge in [0.15, 0.2) is 0 Å². The number of rotatable bonds is 27. The van der Waals surface area contributed by atoms with Crippen molar-refractivity contribution in [1.82, 2.24) is 0 Å². The SMILES string of the molecule is C=CC(=O)Oc1ccc(-c2ccc(OC(=O)C=C)c(C(c3ccc(-c4ccc(C(c5cc(-c6ccc(OC(=O)C=C)cc6)ccc5OC(=O)C=C)c5cc(-c6ccc(OC(=O)C=C)cc6)ccc5OC(=O)C=C)cc4)cc3)c3cc(-c4ccc(OC(=O)C=C)cc4)ccc3OC(=O)C=C)c2)cc1. The molecular weight excluding hydrogens is 1290 g/mol. The summed E-state index contributed by atoms with van der Waals surface area (Å²) in [5, 5.41) is 0. The molecule has 10 aromatic carbocycles. The summed E-state index contributed by atoms with van der Waals surface area (Å²) in [6.07, 6.45) is 8.36. The lowest BCUT2D eigenvalue weighted by Gasteiger charge is -2.25. The summed E-state index contributed by atoms with van der Waals surface area (Å²) >= 11 is 0. The highest BCUT2D eigenvalue weighted by atomic mass is 16.6. The number of hydrogen-bond acceptors (Lipinski definition) is 16. The lowest BCUT2D eigenvalue weighted by atomic mass is 9.81. The summed E-state index contributed by atoms with van der Waals surface area (Å²) in [5.74, 6) is -5.81. The van der Waals surface area contributed by atoms with Gasteiger partial charge in [-0.25, -0.2) is 38.4 Å². The number of benzene rings is 10. The second-order valence-electron chi connectivity index (χ2n) is 22.2. The fourth-order valence-electron chi connectivity index (χ4n) is 11.1. The molecule has 10 rings (SSSR count). The van der Waals surface area contributed by atoms with Crippen LogP contribution < -0.4 is 37.9 Å². The number of carbonyl (C=O) groups excluding carboxylic acids is 8. The summed E-state index contributed by atoms with van der Waals surface area (Å²) in [7, 11) is 0. The van der Waals surface area contributed by atoms with Crippen molar-refractivity contribution in [3.8, 4) is 102 Å². The van der Waals surface area contributed by atoms with E-state index >= 15 is 0 Å². The van der Waals surface area contributed by atoms with E-state index in [1.54, 1.807) is 146 Å². The Balaban J connectivity index is 1.15. The molecule has 0 fully saturated rings. The molecule has 0 spiro atoms. The van der Waals surface area contributed by atoms with Gasteiger partial charge in [0, 0.05) is 82.7 Å². The minimum absolute atomic E-state index is 0.133. The van der Waals surface area contributed by atoms with Crippen LogP contribution in [-0.4, -0.2) is 47.8 Å². The third kappa shape index (κ3) is 17.2. The normalized spacial score (nSPS) is 10.6. The van der Waals surface area contributed by atoms with Gasteiger partial charge in [0.2, 0.25) is 0 Å². The van der Waals surface area contributed by atoms with Crippen LogP contribution in [0.2, 0.25) is 0 Å². The maximum Gasteiger partial charge on any atom is 0.335 e. The second kappa shape index (κ2) is 32.7. The van der Waals surface area contributed by atoms with Crippen LogP contribution in [0.3, 0.4) is 0 Å². The Morgan fingerprint density at radius 2 is 0.363 bits per heavy atom. The van der Waals surface area contributed by atoms with E-state index in [1.807, 2.05) is 72.8 Å². The largest absolute Gasteiger partial charge is 0.423 e. The molecular formula is C86H62O16. The first-order chi connectivity index (χ1) is 49.4. The second-order valence-corrected chi connectivity index (χ2v) is 22.2. The van der Waals surface area contributed by atoms with E-state index < -0.39 is 59.6 Å². The zero-order valence-corrected chi connectivity index (χ0v) is 54.7. The van der Waals surface area contributed by atoms with Crippen LogP contribution in [0.1, 0.15) is 45.2 Å². The molecule has 0 heterocycles. The first-order valence-electron chi connectivity index (χ1n) is 31.3. The molecule has 0 atom stereocenters. The lowest BCUT2D eigenvalue weighted by molar-refractivity contribution is -0.130. The third-order valence-corrected chi connectivity index (χ3v) is 15.9. The van der Waals surface area contributed by atoms with E-state index in [9.17, 15) is 38.4 Å². The number of esters is 8. The zero-order chi connectivity index (χ0) is 72.4. The molecule has 0 radical (unpaired) electrons. The van der Waals surface area contributed by atoms with Gasteiger partial charge < -0.3 is 37.9 Å². The number of carbonyl (C=O) groups is 8. The van der Waals surface area contributed by atoms with Crippen LogP contribution in [0.15, 0.2) is 320 Å². The zero-order valence-electron chi connectivity index (χ0n) is 54.7. The van der Waals surface area contributed by atoms with Crippen molar-refractivity contribution in [3.05, 3.63) is 353 Å². The molecule has 102 heavy (non-hydrogen) atoms. The highest BCUT2D eigenvalue weighted by Crippen LogP contribution is 2.48. The molecule has 0 aromatic heterocycles. The Bertz CT molecular complexity index is 4400. The van der Waals surface area contributed by atoms with E-state index in [0.29, 0.717) is 77.9 Å². The van der Waals surface area contributed by atoms with Crippen molar-refractivity contribution in [2.24, 2.45) is 0 Å². The van der Waals surface area contributed by atoms with Gasteiger partial charge in [-0.2, -0.15) is 0 Å². The maximum absolute atomic E-state index is 13.4. The number of ether oxygens (including phenoxy) is 8. The standard InChI is InChI=1S/C86H62O16/c1-9-77(87)95-65-37-25-55(26-38-65)61-33-45-73(99-81(91)13-5)69(49-61)85(70-50-62(34-46-74(70)100-82(92)14-6)56-27-39-66(40-28-56)96-78(88)10-2)59-21-17-53(18-22-59)54-19-23-60(24-20-54)86(71-51-63(35-47-75(71)101-83(93)15-7)57-29-41-67(42-30-57)97-79(89)11-3)72-52-64(36-48-76(72)102-84(94)16-8)58-31-43-68(44-32-58)98-80(90)12-4/h9-52,85-86H,1-8H2. The van der Waals surface area contributed by atoms with Crippen molar-refractivity contribution in [1.29, 1.82) is 0 Å². The fraction of sp³-hybridized carbons (Fsp3) is 0.0233. The smallest absolute Gasteiger partial charge is 0.335 e. The van der Waals surface area contributed by atoms with Gasteiger partial charge in [-0.1, -0.05) is 174 Å². The highest BCUT2D eigenvalue weighted by Gasteiger charge is 2.30. The quantitative estimate of drug-likeness (QED) is 0.0203. The van der Waals surface area contributed by atoms with Crippen LogP contribution >= 0.6 is 0 Å². The molecule has 0 saturated heterocycles. The van der Waals surface area contributed by atoms with Gasteiger partial charge in [-0.05, 0) is 164 Å². The van der Waals surface area contributed by atoms with E-state index in [1.165, 1.54) is 0 Å². The third-order valence-electron chi connectivity index (χ3n) is 15.9. The van der Waals surface area contributed by atoms with Gasteiger partial charge in [0.05, 0.1) is 0 Å². The van der Waals surface area contributed by atoms with E-state index in [4.69, 9.17) is 37.9 Å². The van der Waals surface area contributed by atoms with Crippen LogP contribution in [0, 0.1) is 0 Å². The molecule has 10 aromatic rings. The van der Waals surface area contributed by atoms with Crippen molar-refractivity contribution < 1.29 is 76.3 Å². The van der Waals surface area contributed by atoms with Gasteiger partial charge in [0.25, 0.3) is 0 Å². The molecule has 16 nitrogen and oxygen atoms in total. The predicted molar refractivity (Wildman–Crippen MR) is 388 cm³/mol. The first-order valence-corrected chi connectivity index (χ1v) is 31.3. The fourth-order valence-corrected chi connectivity index (χ4v) is 11.1. The maximum atomic E-state index is 13.4. The van der Waals surface area contributed by atoms with Crippen molar-refractivity contribution in [2.45, 2.75) is 11.8 Å². The van der Waals surface area contributed by atoms with Crippen molar-refractivity contribution >= 4 is 47.8 Å². The minimum atomic E-state index is -0.913.